The summed E-state index contributed by atoms with van der Waals surface area (Å²) in [6, 6.07) is 10.9. The van der Waals surface area contributed by atoms with Gasteiger partial charge in [-0.15, -0.1) is 11.3 Å². The van der Waals surface area contributed by atoms with Crippen LogP contribution in [0.15, 0.2) is 35.7 Å². The summed E-state index contributed by atoms with van der Waals surface area (Å²) in [5.41, 5.74) is 8.04. The molecule has 0 spiro atoms. The number of aromatic nitrogens is 1. The third-order valence-corrected chi connectivity index (χ3v) is 6.87. The van der Waals surface area contributed by atoms with Crippen LogP contribution in [-0.4, -0.2) is 0 Å². The molecule has 0 saturated heterocycles. The van der Waals surface area contributed by atoms with E-state index in [-0.39, 0.29) is 5.41 Å². The van der Waals surface area contributed by atoms with Gasteiger partial charge in [0.1, 0.15) is 17.5 Å². The van der Waals surface area contributed by atoms with Crippen LogP contribution in [0.3, 0.4) is 0 Å². The number of rotatable bonds is 1. The molecule has 2 nitrogen and oxygen atoms in total. The summed E-state index contributed by atoms with van der Waals surface area (Å²) in [6.07, 6.45) is 0.989. The standard InChI is InChI=1S/C25H26NOS/c1-14-12-16-8-7-9-19-21(16)20(15(14)2)22-23(27-19)17(13-25(3,4)5)24-18(26(22)6)10-11-28-24/h7-12H,13H2,1-6H3/q+1. The van der Waals surface area contributed by atoms with Gasteiger partial charge in [-0.25, -0.2) is 0 Å². The fourth-order valence-electron chi connectivity index (χ4n) is 4.55. The largest absolute Gasteiger partial charge is 0.449 e. The zero-order valence-electron chi connectivity index (χ0n) is 17.4. The van der Waals surface area contributed by atoms with Crippen molar-refractivity contribution >= 4 is 32.3 Å². The van der Waals surface area contributed by atoms with Gasteiger partial charge in [-0.2, -0.15) is 4.57 Å². The number of aryl methyl sites for hydroxylation is 2. The summed E-state index contributed by atoms with van der Waals surface area (Å²) in [6.45, 7) is 11.4. The summed E-state index contributed by atoms with van der Waals surface area (Å²) < 4.78 is 10.3. The molecule has 142 valence electrons. The number of pyridine rings is 1. The molecule has 0 bridgehead atoms. The Kier molecular flexibility index (Phi) is 3.67. The highest BCUT2D eigenvalue weighted by molar-refractivity contribution is 7.17. The summed E-state index contributed by atoms with van der Waals surface area (Å²) in [5.74, 6) is 2.02. The number of fused-ring (bicyclic) bond motifs is 3. The number of hydrogen-bond donors (Lipinski definition) is 0. The van der Waals surface area contributed by atoms with E-state index >= 15 is 0 Å². The molecule has 0 saturated carbocycles. The Morgan fingerprint density at radius 3 is 2.64 bits per heavy atom. The van der Waals surface area contributed by atoms with Crippen LogP contribution in [0.25, 0.3) is 32.2 Å². The lowest BCUT2D eigenvalue weighted by Gasteiger charge is -2.26. The molecule has 0 aliphatic carbocycles. The minimum atomic E-state index is 0.182. The van der Waals surface area contributed by atoms with Gasteiger partial charge in [0.05, 0.1) is 5.56 Å². The molecule has 1 aliphatic rings. The fraction of sp³-hybridized carbons (Fsp3) is 0.320. The van der Waals surface area contributed by atoms with Crippen LogP contribution in [0, 0.1) is 19.3 Å². The lowest BCUT2D eigenvalue weighted by Crippen LogP contribution is -2.34. The predicted octanol–water partition coefficient (Wildman–Crippen LogP) is 6.86. The van der Waals surface area contributed by atoms with Crippen LogP contribution in [0.4, 0.5) is 0 Å². The Bertz CT molecular complexity index is 1270. The van der Waals surface area contributed by atoms with Crippen LogP contribution < -0.4 is 9.30 Å². The van der Waals surface area contributed by atoms with Gasteiger partial charge in [0.25, 0.3) is 5.69 Å². The summed E-state index contributed by atoms with van der Waals surface area (Å²) in [4.78, 5) is 0. The van der Waals surface area contributed by atoms with Crippen LogP contribution in [0.1, 0.15) is 37.5 Å². The normalized spacial score (nSPS) is 13.1. The van der Waals surface area contributed by atoms with Crippen molar-refractivity contribution in [3.05, 3.63) is 52.4 Å². The second-order valence-corrected chi connectivity index (χ2v) is 10.2. The highest BCUT2D eigenvalue weighted by atomic mass is 32.1. The van der Waals surface area contributed by atoms with Crippen molar-refractivity contribution in [2.45, 2.75) is 41.0 Å². The Hall–Kier alpha value is -2.39. The maximum Gasteiger partial charge on any atom is 0.257 e. The number of nitrogens with zero attached hydrogens (tertiary/aromatic N) is 1. The average molecular weight is 389 g/mol. The second-order valence-electron chi connectivity index (χ2n) is 9.24. The zero-order valence-corrected chi connectivity index (χ0v) is 18.3. The first-order valence-corrected chi connectivity index (χ1v) is 10.8. The molecule has 0 atom stereocenters. The number of thiophene rings is 1. The Morgan fingerprint density at radius 1 is 1.11 bits per heavy atom. The summed E-state index contributed by atoms with van der Waals surface area (Å²) >= 11 is 1.82. The van der Waals surface area contributed by atoms with E-state index in [2.05, 4.69) is 81.9 Å². The minimum absolute atomic E-state index is 0.182. The van der Waals surface area contributed by atoms with Crippen molar-refractivity contribution in [2.75, 3.05) is 0 Å². The molecule has 0 amide bonds. The molecule has 0 unspecified atom stereocenters. The SMILES string of the molecule is Cc1cc2cccc3c2c(c1C)-c1c(c(CC(C)(C)C)c2sccc2[n+]1C)O3. The molecule has 0 fully saturated rings. The van der Waals surface area contributed by atoms with Crippen LogP contribution in [-0.2, 0) is 13.5 Å². The summed E-state index contributed by atoms with van der Waals surface area (Å²) in [5, 5.41) is 4.70. The zero-order chi connectivity index (χ0) is 19.8. The van der Waals surface area contributed by atoms with E-state index in [4.69, 9.17) is 4.74 Å². The first kappa shape index (κ1) is 17.7. The van der Waals surface area contributed by atoms with Crippen molar-refractivity contribution in [1.29, 1.82) is 0 Å². The van der Waals surface area contributed by atoms with Gasteiger partial charge in [-0.05, 0) is 53.6 Å². The topological polar surface area (TPSA) is 13.1 Å². The molecule has 28 heavy (non-hydrogen) atoms. The second kappa shape index (κ2) is 5.81. The van der Waals surface area contributed by atoms with Gasteiger partial charge in [0.15, 0.2) is 0 Å². The number of hydrogen-bond acceptors (Lipinski definition) is 2. The molecule has 3 heteroatoms. The molecule has 1 aliphatic heterocycles. The first-order chi connectivity index (χ1) is 13.3. The van der Waals surface area contributed by atoms with E-state index in [1.807, 2.05) is 11.3 Å². The van der Waals surface area contributed by atoms with Crippen molar-refractivity contribution in [3.63, 3.8) is 0 Å². The lowest BCUT2D eigenvalue weighted by atomic mass is 9.85. The minimum Gasteiger partial charge on any atom is -0.449 e. The monoisotopic (exact) mass is 388 g/mol. The van der Waals surface area contributed by atoms with Crippen molar-refractivity contribution < 1.29 is 9.30 Å². The molecular formula is C25H26NOS+. The number of ether oxygens (including phenoxy) is 1. The molecule has 5 rings (SSSR count). The van der Waals surface area contributed by atoms with Crippen LogP contribution >= 0.6 is 11.3 Å². The van der Waals surface area contributed by atoms with E-state index < -0.39 is 0 Å². The average Bonchev–Trinajstić information content (AvgIpc) is 3.11. The molecular weight excluding hydrogens is 362 g/mol. The van der Waals surface area contributed by atoms with Crippen molar-refractivity contribution in [1.82, 2.24) is 0 Å². The Morgan fingerprint density at radius 2 is 1.89 bits per heavy atom. The number of benzene rings is 2. The van der Waals surface area contributed by atoms with Crippen molar-refractivity contribution in [2.24, 2.45) is 12.5 Å². The van der Waals surface area contributed by atoms with E-state index in [0.717, 1.165) is 17.9 Å². The molecule has 4 aromatic rings. The fourth-order valence-corrected chi connectivity index (χ4v) is 5.51. The van der Waals surface area contributed by atoms with Gasteiger partial charge in [0.2, 0.25) is 11.3 Å². The maximum atomic E-state index is 6.67. The van der Waals surface area contributed by atoms with E-state index in [9.17, 15) is 0 Å². The molecule has 0 radical (unpaired) electrons. The highest BCUT2D eigenvalue weighted by Gasteiger charge is 2.35. The Balaban J connectivity index is 1.99. The molecule has 2 aromatic heterocycles. The lowest BCUT2D eigenvalue weighted by molar-refractivity contribution is -0.633. The van der Waals surface area contributed by atoms with Crippen molar-refractivity contribution in [3.8, 4) is 22.8 Å². The smallest absolute Gasteiger partial charge is 0.257 e. The van der Waals surface area contributed by atoms with Gasteiger partial charge >= 0.3 is 0 Å². The van der Waals surface area contributed by atoms with E-state index in [1.54, 1.807) is 0 Å². The van der Waals surface area contributed by atoms with E-state index in [1.165, 1.54) is 48.9 Å². The highest BCUT2D eigenvalue weighted by Crippen LogP contribution is 2.51. The van der Waals surface area contributed by atoms with Crippen LogP contribution in [0.5, 0.6) is 11.5 Å². The van der Waals surface area contributed by atoms with Gasteiger partial charge < -0.3 is 4.74 Å². The third kappa shape index (κ3) is 2.42. The van der Waals surface area contributed by atoms with Gasteiger partial charge in [-0.3, -0.25) is 0 Å². The van der Waals surface area contributed by atoms with Gasteiger partial charge in [-0.1, -0.05) is 39.0 Å². The van der Waals surface area contributed by atoms with Crippen LogP contribution in [0.2, 0.25) is 0 Å². The van der Waals surface area contributed by atoms with Gasteiger partial charge in [0, 0.05) is 17.0 Å². The summed E-state index contributed by atoms with van der Waals surface area (Å²) in [7, 11) is 2.18. The van der Waals surface area contributed by atoms with E-state index in [0.29, 0.717) is 0 Å². The quantitative estimate of drug-likeness (QED) is 0.286. The molecule has 3 heterocycles. The predicted molar refractivity (Wildman–Crippen MR) is 119 cm³/mol. The maximum absolute atomic E-state index is 6.67. The first-order valence-electron chi connectivity index (χ1n) is 9.89. The third-order valence-electron chi connectivity index (χ3n) is 5.91. The Labute approximate surface area is 170 Å². The molecule has 0 N–H and O–H groups in total. The molecule has 2 aromatic carbocycles.